The van der Waals surface area contributed by atoms with Gasteiger partial charge in [-0.1, -0.05) is 19.4 Å². The van der Waals surface area contributed by atoms with Crippen LogP contribution in [0.15, 0.2) is 18.2 Å². The molecule has 0 radical (unpaired) electrons. The van der Waals surface area contributed by atoms with E-state index in [4.69, 9.17) is 0 Å². The number of ether oxygens (including phenoxy) is 1. The van der Waals surface area contributed by atoms with Crippen molar-refractivity contribution in [2.75, 3.05) is 12.9 Å². The average molecular weight is 311 g/mol. The van der Waals surface area contributed by atoms with Crippen molar-refractivity contribution in [3.8, 4) is 0 Å². The molecule has 2 unspecified atom stereocenters. The maximum Gasteiger partial charge on any atom is 0.340 e. The van der Waals surface area contributed by atoms with Crippen LogP contribution in [0, 0.1) is 5.82 Å². The highest BCUT2D eigenvalue weighted by atomic mass is 32.2. The number of hydrogen-bond acceptors (Lipinski definition) is 4. The quantitative estimate of drug-likeness (QED) is 0.818. The number of benzene rings is 1. The fourth-order valence-corrected chi connectivity index (χ4v) is 3.99. The molecule has 0 bridgehead atoms. The summed E-state index contributed by atoms with van der Waals surface area (Å²) < 4.78 is 18.4. The van der Waals surface area contributed by atoms with Gasteiger partial charge in [0.05, 0.1) is 12.7 Å². The molecular formula is C16H22FNO2S. The Kier molecular flexibility index (Phi) is 6.06. The van der Waals surface area contributed by atoms with Crippen molar-refractivity contribution < 1.29 is 13.9 Å². The predicted molar refractivity (Wildman–Crippen MR) is 84.1 cm³/mol. The van der Waals surface area contributed by atoms with Crippen LogP contribution < -0.4 is 5.32 Å². The summed E-state index contributed by atoms with van der Waals surface area (Å²) in [4.78, 5) is 11.3. The Morgan fingerprint density at radius 1 is 1.48 bits per heavy atom. The molecular weight excluding hydrogens is 289 g/mol. The summed E-state index contributed by atoms with van der Waals surface area (Å²) in [6.07, 6.45) is 3.69. The van der Waals surface area contributed by atoms with Crippen LogP contribution in [0.3, 0.4) is 0 Å². The third kappa shape index (κ3) is 4.20. The zero-order valence-electron chi connectivity index (χ0n) is 12.5. The third-order valence-electron chi connectivity index (χ3n) is 3.84. The first kappa shape index (κ1) is 16.3. The lowest BCUT2D eigenvalue weighted by Crippen LogP contribution is -2.33. The van der Waals surface area contributed by atoms with Gasteiger partial charge >= 0.3 is 5.97 Å². The number of carbonyl (C=O) groups excluding carboxylic acids is 1. The molecule has 2 rings (SSSR count). The van der Waals surface area contributed by atoms with Crippen molar-refractivity contribution in [1.82, 2.24) is 5.32 Å². The fraction of sp³-hybridized carbons (Fsp3) is 0.562. The van der Waals surface area contributed by atoms with Crippen molar-refractivity contribution in [3.63, 3.8) is 0 Å². The Morgan fingerprint density at radius 3 is 2.95 bits per heavy atom. The second-order valence-electron chi connectivity index (χ2n) is 5.22. The summed E-state index contributed by atoms with van der Waals surface area (Å²) in [5, 5.41) is 4.18. The zero-order valence-corrected chi connectivity index (χ0v) is 13.3. The number of nitrogens with one attached hydrogen (secondary N) is 1. The van der Waals surface area contributed by atoms with E-state index in [1.54, 1.807) is 6.07 Å². The molecule has 1 saturated carbocycles. The molecule has 2 atom stereocenters. The van der Waals surface area contributed by atoms with Gasteiger partial charge in [0.2, 0.25) is 0 Å². The molecule has 116 valence electrons. The molecule has 1 fully saturated rings. The van der Waals surface area contributed by atoms with E-state index in [0.29, 0.717) is 17.8 Å². The Labute approximate surface area is 129 Å². The number of carbonyl (C=O) groups is 1. The molecule has 5 heteroatoms. The normalized spacial score (nSPS) is 21.5. The van der Waals surface area contributed by atoms with Gasteiger partial charge in [-0.25, -0.2) is 9.18 Å². The Hall–Kier alpha value is -1.07. The van der Waals surface area contributed by atoms with Gasteiger partial charge in [-0.05, 0) is 36.3 Å². The van der Waals surface area contributed by atoms with E-state index in [1.807, 2.05) is 11.8 Å². The van der Waals surface area contributed by atoms with E-state index in [9.17, 15) is 9.18 Å². The maximum atomic E-state index is 13.9. The number of esters is 1. The Bertz CT molecular complexity index is 495. The molecule has 21 heavy (non-hydrogen) atoms. The molecule has 0 heterocycles. The van der Waals surface area contributed by atoms with Gasteiger partial charge in [0.1, 0.15) is 5.82 Å². The molecule has 1 aliphatic carbocycles. The smallest absolute Gasteiger partial charge is 0.340 e. The molecule has 1 aliphatic rings. The molecule has 1 N–H and O–H groups in total. The molecule has 0 spiro atoms. The number of rotatable bonds is 6. The SMILES string of the molecule is CCSC1CCCC1NCc1ccc(C(=O)OC)c(F)c1. The first-order valence-corrected chi connectivity index (χ1v) is 8.42. The van der Waals surface area contributed by atoms with Crippen LogP contribution in [0.25, 0.3) is 0 Å². The topological polar surface area (TPSA) is 38.3 Å². The molecule has 0 aliphatic heterocycles. The van der Waals surface area contributed by atoms with Gasteiger partial charge in [-0.2, -0.15) is 11.8 Å². The highest BCUT2D eigenvalue weighted by Crippen LogP contribution is 2.30. The number of halogens is 1. The van der Waals surface area contributed by atoms with Gasteiger partial charge in [-0.15, -0.1) is 0 Å². The van der Waals surface area contributed by atoms with Crippen LogP contribution in [0.1, 0.15) is 42.1 Å². The van der Waals surface area contributed by atoms with Crippen molar-refractivity contribution >= 4 is 17.7 Å². The second-order valence-corrected chi connectivity index (χ2v) is 6.73. The van der Waals surface area contributed by atoms with Crippen LogP contribution in [0.2, 0.25) is 0 Å². The number of methoxy groups -OCH3 is 1. The lowest BCUT2D eigenvalue weighted by Gasteiger charge is -2.20. The molecule has 0 aromatic heterocycles. The van der Waals surface area contributed by atoms with Crippen molar-refractivity contribution in [2.24, 2.45) is 0 Å². The molecule has 1 aromatic rings. The van der Waals surface area contributed by atoms with Crippen molar-refractivity contribution in [1.29, 1.82) is 0 Å². The van der Waals surface area contributed by atoms with E-state index >= 15 is 0 Å². The second kappa shape index (κ2) is 7.80. The first-order chi connectivity index (χ1) is 10.2. The summed E-state index contributed by atoms with van der Waals surface area (Å²) in [5.74, 6) is -0.0278. The summed E-state index contributed by atoms with van der Waals surface area (Å²) in [6.45, 7) is 2.81. The van der Waals surface area contributed by atoms with E-state index in [0.717, 1.165) is 11.3 Å². The standard InChI is InChI=1S/C16H22FNO2S/c1-3-21-15-6-4-5-14(15)18-10-11-7-8-12(13(17)9-11)16(19)20-2/h7-9,14-15,18H,3-6,10H2,1-2H3. The zero-order chi connectivity index (χ0) is 15.2. The van der Waals surface area contributed by atoms with Crippen LogP contribution >= 0.6 is 11.8 Å². The minimum Gasteiger partial charge on any atom is -0.465 e. The van der Waals surface area contributed by atoms with Crippen LogP contribution in [-0.2, 0) is 11.3 Å². The molecule has 0 amide bonds. The van der Waals surface area contributed by atoms with Crippen molar-refractivity contribution in [3.05, 3.63) is 35.1 Å². The fourth-order valence-electron chi connectivity index (χ4n) is 2.77. The molecule has 0 saturated heterocycles. The third-order valence-corrected chi connectivity index (χ3v) is 5.17. The summed E-state index contributed by atoms with van der Waals surface area (Å²) in [6, 6.07) is 5.18. The van der Waals surface area contributed by atoms with E-state index in [2.05, 4.69) is 17.0 Å². The monoisotopic (exact) mass is 311 g/mol. The molecule has 1 aromatic carbocycles. The first-order valence-electron chi connectivity index (χ1n) is 7.37. The highest BCUT2D eigenvalue weighted by Gasteiger charge is 2.26. The van der Waals surface area contributed by atoms with E-state index in [1.165, 1.54) is 38.5 Å². The lowest BCUT2D eigenvalue weighted by molar-refractivity contribution is 0.0595. The summed E-state index contributed by atoms with van der Waals surface area (Å²) >= 11 is 2.00. The van der Waals surface area contributed by atoms with Gasteiger partial charge in [0.15, 0.2) is 0 Å². The summed E-state index contributed by atoms with van der Waals surface area (Å²) in [7, 11) is 1.25. The Morgan fingerprint density at radius 2 is 2.29 bits per heavy atom. The average Bonchev–Trinajstić information content (AvgIpc) is 2.92. The van der Waals surface area contributed by atoms with Gasteiger partial charge in [0, 0.05) is 17.8 Å². The minimum atomic E-state index is -0.637. The van der Waals surface area contributed by atoms with Gasteiger partial charge in [-0.3, -0.25) is 0 Å². The molecule has 3 nitrogen and oxygen atoms in total. The van der Waals surface area contributed by atoms with Crippen LogP contribution in [0.5, 0.6) is 0 Å². The summed E-state index contributed by atoms with van der Waals surface area (Å²) in [5.41, 5.74) is 0.842. The maximum absolute atomic E-state index is 13.9. The van der Waals surface area contributed by atoms with Gasteiger partial charge < -0.3 is 10.1 Å². The van der Waals surface area contributed by atoms with E-state index < -0.39 is 11.8 Å². The van der Waals surface area contributed by atoms with Crippen molar-refractivity contribution in [2.45, 2.75) is 44.0 Å². The number of hydrogen-bond donors (Lipinski definition) is 1. The lowest BCUT2D eigenvalue weighted by atomic mass is 10.1. The van der Waals surface area contributed by atoms with Crippen LogP contribution in [0.4, 0.5) is 4.39 Å². The predicted octanol–water partition coefficient (Wildman–Crippen LogP) is 3.38. The minimum absolute atomic E-state index is 0.0125. The number of thioether (sulfide) groups is 1. The van der Waals surface area contributed by atoms with Crippen LogP contribution in [-0.4, -0.2) is 30.1 Å². The van der Waals surface area contributed by atoms with Gasteiger partial charge in [0.25, 0.3) is 0 Å². The Balaban J connectivity index is 1.94. The largest absolute Gasteiger partial charge is 0.465 e. The highest BCUT2D eigenvalue weighted by molar-refractivity contribution is 7.99. The van der Waals surface area contributed by atoms with E-state index in [-0.39, 0.29) is 5.56 Å².